The highest BCUT2D eigenvalue weighted by atomic mass is 16.1. The van der Waals surface area contributed by atoms with Gasteiger partial charge in [-0.25, -0.2) is 0 Å². The van der Waals surface area contributed by atoms with Crippen molar-refractivity contribution in [1.29, 1.82) is 0 Å². The Hall–Kier alpha value is -1.58. The van der Waals surface area contributed by atoms with Gasteiger partial charge in [-0.15, -0.1) is 0 Å². The van der Waals surface area contributed by atoms with E-state index >= 15 is 0 Å². The van der Waals surface area contributed by atoms with Crippen LogP contribution in [-0.2, 0) is 0 Å². The summed E-state index contributed by atoms with van der Waals surface area (Å²) in [7, 11) is 1.81. The molecule has 0 radical (unpaired) electrons. The quantitative estimate of drug-likeness (QED) is 0.757. The van der Waals surface area contributed by atoms with Gasteiger partial charge in [-0.05, 0) is 18.6 Å². The number of hydrogen-bond acceptors (Lipinski definition) is 3. The van der Waals surface area contributed by atoms with Crippen molar-refractivity contribution in [3.8, 4) is 0 Å². The van der Waals surface area contributed by atoms with Gasteiger partial charge in [0, 0.05) is 25.5 Å². The zero-order valence-corrected chi connectivity index (χ0v) is 8.50. The fraction of sp³-hybridized carbons (Fsp3) is 0.400. The van der Waals surface area contributed by atoms with Gasteiger partial charge >= 0.3 is 0 Å². The normalized spacial score (nSPS) is 9.57. The maximum Gasteiger partial charge on any atom is 0.269 e. The number of rotatable bonds is 4. The molecule has 0 saturated heterocycles. The van der Waals surface area contributed by atoms with Gasteiger partial charge < -0.3 is 10.6 Å². The second-order valence-electron chi connectivity index (χ2n) is 2.94. The molecule has 4 heteroatoms. The molecule has 0 aliphatic rings. The Kier molecular flexibility index (Phi) is 3.91. The Morgan fingerprint density at radius 1 is 1.57 bits per heavy atom. The van der Waals surface area contributed by atoms with Crippen LogP contribution in [0.25, 0.3) is 0 Å². The summed E-state index contributed by atoms with van der Waals surface area (Å²) in [5.74, 6) is -0.121. The molecule has 2 N–H and O–H groups in total. The molecule has 1 aromatic heterocycles. The summed E-state index contributed by atoms with van der Waals surface area (Å²) in [5, 5.41) is 5.73. The molecule has 0 atom stereocenters. The Morgan fingerprint density at radius 2 is 2.36 bits per heavy atom. The second-order valence-corrected chi connectivity index (χ2v) is 2.94. The lowest BCUT2D eigenvalue weighted by molar-refractivity contribution is 0.0949. The van der Waals surface area contributed by atoms with E-state index in [0.29, 0.717) is 12.2 Å². The number of amides is 1. The van der Waals surface area contributed by atoms with Crippen molar-refractivity contribution in [2.45, 2.75) is 13.3 Å². The van der Waals surface area contributed by atoms with Crippen molar-refractivity contribution < 1.29 is 4.79 Å². The number of nitrogens with zero attached hydrogens (tertiary/aromatic N) is 1. The van der Waals surface area contributed by atoms with E-state index in [2.05, 4.69) is 15.6 Å². The maximum absolute atomic E-state index is 11.5. The summed E-state index contributed by atoms with van der Waals surface area (Å²) >= 11 is 0. The van der Waals surface area contributed by atoms with E-state index in [1.165, 1.54) is 0 Å². The van der Waals surface area contributed by atoms with Crippen LogP contribution in [0.1, 0.15) is 23.8 Å². The van der Waals surface area contributed by atoms with E-state index in [9.17, 15) is 4.79 Å². The predicted molar refractivity (Wildman–Crippen MR) is 56.4 cm³/mol. The van der Waals surface area contributed by atoms with E-state index in [0.717, 1.165) is 12.1 Å². The summed E-state index contributed by atoms with van der Waals surface area (Å²) in [6.07, 6.45) is 2.55. The van der Waals surface area contributed by atoms with Gasteiger partial charge in [-0.2, -0.15) is 0 Å². The predicted octanol–water partition coefficient (Wildman–Crippen LogP) is 1.26. The van der Waals surface area contributed by atoms with Gasteiger partial charge in [-0.3, -0.25) is 9.78 Å². The average Bonchev–Trinajstić information content (AvgIpc) is 2.26. The van der Waals surface area contributed by atoms with Crippen LogP contribution >= 0.6 is 0 Å². The number of carbonyl (C=O) groups is 1. The van der Waals surface area contributed by atoms with Gasteiger partial charge in [0.2, 0.25) is 0 Å². The van der Waals surface area contributed by atoms with Crippen LogP contribution in [0.2, 0.25) is 0 Å². The molecule has 1 rings (SSSR count). The highest BCUT2D eigenvalue weighted by Gasteiger charge is 2.05. The summed E-state index contributed by atoms with van der Waals surface area (Å²) in [5.41, 5.74) is 1.34. The van der Waals surface area contributed by atoms with Crippen LogP contribution in [-0.4, -0.2) is 24.5 Å². The zero-order valence-electron chi connectivity index (χ0n) is 8.50. The molecule has 14 heavy (non-hydrogen) atoms. The third-order valence-electron chi connectivity index (χ3n) is 1.82. The fourth-order valence-electron chi connectivity index (χ4n) is 1.04. The first-order valence-electron chi connectivity index (χ1n) is 4.70. The lowest BCUT2D eigenvalue weighted by Crippen LogP contribution is -2.24. The molecule has 76 valence electrons. The van der Waals surface area contributed by atoms with Crippen molar-refractivity contribution in [2.75, 3.05) is 18.9 Å². The molecule has 1 amide bonds. The molecule has 1 heterocycles. The average molecular weight is 193 g/mol. The third-order valence-corrected chi connectivity index (χ3v) is 1.82. The molecule has 0 aliphatic heterocycles. The Labute approximate surface area is 83.7 Å². The first kappa shape index (κ1) is 10.5. The third kappa shape index (κ3) is 2.73. The van der Waals surface area contributed by atoms with E-state index < -0.39 is 0 Å². The largest absolute Gasteiger partial charge is 0.388 e. The number of aromatic nitrogens is 1. The number of nitrogens with one attached hydrogen (secondary N) is 2. The Balaban J connectivity index is 2.69. The summed E-state index contributed by atoms with van der Waals surface area (Å²) in [4.78, 5) is 15.5. The second kappa shape index (κ2) is 5.21. The van der Waals surface area contributed by atoms with Gasteiger partial charge in [0.15, 0.2) is 0 Å². The van der Waals surface area contributed by atoms with Crippen molar-refractivity contribution in [2.24, 2.45) is 0 Å². The molecule has 1 aromatic rings. The molecule has 0 bridgehead atoms. The molecule has 0 unspecified atom stereocenters. The minimum Gasteiger partial charge on any atom is -0.388 e. The molecule has 0 fully saturated rings. The van der Waals surface area contributed by atoms with Crippen LogP contribution in [0.4, 0.5) is 5.69 Å². The van der Waals surface area contributed by atoms with E-state index in [4.69, 9.17) is 0 Å². The summed E-state index contributed by atoms with van der Waals surface area (Å²) in [6, 6.07) is 3.54. The van der Waals surface area contributed by atoms with Crippen LogP contribution in [0.3, 0.4) is 0 Å². The molecule has 0 aliphatic carbocycles. The van der Waals surface area contributed by atoms with Crippen LogP contribution < -0.4 is 10.6 Å². The first-order chi connectivity index (χ1) is 6.77. The van der Waals surface area contributed by atoms with Crippen molar-refractivity contribution in [3.63, 3.8) is 0 Å². The minimum absolute atomic E-state index is 0.121. The first-order valence-corrected chi connectivity index (χ1v) is 4.70. The topological polar surface area (TPSA) is 54.0 Å². The Bertz CT molecular complexity index is 312. The lowest BCUT2D eigenvalue weighted by atomic mass is 10.3. The van der Waals surface area contributed by atoms with Gasteiger partial charge in [0.1, 0.15) is 5.69 Å². The Morgan fingerprint density at radius 3 is 3.00 bits per heavy atom. The van der Waals surface area contributed by atoms with Crippen molar-refractivity contribution >= 4 is 11.6 Å². The van der Waals surface area contributed by atoms with E-state index in [1.807, 2.05) is 20.0 Å². The highest BCUT2D eigenvalue weighted by Crippen LogP contribution is 2.06. The smallest absolute Gasteiger partial charge is 0.269 e. The van der Waals surface area contributed by atoms with Crippen molar-refractivity contribution in [3.05, 3.63) is 24.0 Å². The molecule has 0 spiro atoms. The molecule has 0 saturated carbocycles. The monoisotopic (exact) mass is 193 g/mol. The molecular formula is C10H15N3O. The van der Waals surface area contributed by atoms with Gasteiger partial charge in [-0.1, -0.05) is 6.92 Å². The lowest BCUT2D eigenvalue weighted by Gasteiger charge is -2.04. The van der Waals surface area contributed by atoms with E-state index in [1.54, 1.807) is 12.3 Å². The standard InChI is InChI=1S/C10H15N3O/c1-3-5-13-10(14)9-7-8(11-2)4-6-12-9/h4,6-7H,3,5H2,1-2H3,(H,11,12)(H,13,14). The van der Waals surface area contributed by atoms with Crippen LogP contribution in [0.15, 0.2) is 18.3 Å². The van der Waals surface area contributed by atoms with Gasteiger partial charge in [0.05, 0.1) is 0 Å². The number of hydrogen-bond donors (Lipinski definition) is 2. The summed E-state index contributed by atoms with van der Waals surface area (Å²) in [6.45, 7) is 2.70. The summed E-state index contributed by atoms with van der Waals surface area (Å²) < 4.78 is 0. The number of anilines is 1. The molecule has 4 nitrogen and oxygen atoms in total. The molecule has 0 aromatic carbocycles. The fourth-order valence-corrected chi connectivity index (χ4v) is 1.04. The highest BCUT2D eigenvalue weighted by molar-refractivity contribution is 5.93. The minimum atomic E-state index is -0.121. The zero-order chi connectivity index (χ0) is 10.4. The number of pyridine rings is 1. The SMILES string of the molecule is CCCNC(=O)c1cc(NC)ccn1. The van der Waals surface area contributed by atoms with Crippen LogP contribution in [0.5, 0.6) is 0 Å². The van der Waals surface area contributed by atoms with Crippen molar-refractivity contribution in [1.82, 2.24) is 10.3 Å². The molecular weight excluding hydrogens is 178 g/mol. The van der Waals surface area contributed by atoms with E-state index in [-0.39, 0.29) is 5.91 Å². The van der Waals surface area contributed by atoms with Gasteiger partial charge in [0.25, 0.3) is 5.91 Å². The maximum atomic E-state index is 11.5. The van der Waals surface area contributed by atoms with Crippen LogP contribution in [0, 0.1) is 0 Å². The number of carbonyl (C=O) groups excluding carboxylic acids is 1.